The molecule has 2 N–H and O–H groups in total. The van der Waals surface area contributed by atoms with E-state index >= 15 is 0 Å². The highest BCUT2D eigenvalue weighted by Gasteiger charge is 2.20. The van der Waals surface area contributed by atoms with E-state index in [9.17, 15) is 14.4 Å². The van der Waals surface area contributed by atoms with E-state index in [0.29, 0.717) is 36.5 Å². The number of aromatic amines is 1. The number of rotatable bonds is 12. The van der Waals surface area contributed by atoms with Crippen LogP contribution in [0.5, 0.6) is 0 Å². The molecule has 9 heteroatoms. The van der Waals surface area contributed by atoms with Crippen molar-refractivity contribution < 1.29 is 4.79 Å². The van der Waals surface area contributed by atoms with Gasteiger partial charge in [-0.15, -0.1) is 0 Å². The van der Waals surface area contributed by atoms with E-state index < -0.39 is 11.2 Å². The molecule has 3 aromatic rings. The first-order valence-corrected chi connectivity index (χ1v) is 13.4. The highest BCUT2D eigenvalue weighted by Crippen LogP contribution is 2.28. The average Bonchev–Trinajstić information content (AvgIpc) is 3.52. The lowest BCUT2D eigenvalue weighted by Crippen LogP contribution is -2.31. The fraction of sp³-hybridized carbons (Fsp3) is 0.556. The quantitative estimate of drug-likeness (QED) is 0.370. The van der Waals surface area contributed by atoms with Crippen LogP contribution in [0.2, 0.25) is 0 Å². The maximum Gasteiger partial charge on any atom is 0.330 e. The lowest BCUT2D eigenvalue weighted by atomic mass is 10.2. The standard InChI is InChI=1S/C27H38N6O3/c1-3-5-9-19-32-22(29-25-24(32)26(35)30-27(36)33(25)18-6-4-2)14-15-23(34)28-20-12-7-8-13-21(20)31-16-10-11-17-31/h7-8,12-13H,3-6,9-11,14-19H2,1-2H3,(H,28,34)(H,30,35,36). The van der Waals surface area contributed by atoms with Gasteiger partial charge in [-0.1, -0.05) is 45.2 Å². The molecule has 3 heterocycles. The number of unbranched alkanes of at least 4 members (excludes halogenated alkanes) is 3. The first-order chi connectivity index (χ1) is 17.5. The number of carbonyl (C=O) groups is 1. The Bertz CT molecular complexity index is 1300. The molecule has 1 amide bonds. The van der Waals surface area contributed by atoms with Crippen molar-refractivity contribution in [1.29, 1.82) is 0 Å². The molecular weight excluding hydrogens is 456 g/mol. The molecule has 1 saturated heterocycles. The van der Waals surface area contributed by atoms with Crippen LogP contribution in [0.25, 0.3) is 11.2 Å². The zero-order valence-electron chi connectivity index (χ0n) is 21.5. The predicted octanol–water partition coefficient (Wildman–Crippen LogP) is 4.05. The number of hydrogen-bond donors (Lipinski definition) is 2. The third-order valence-corrected chi connectivity index (χ3v) is 6.89. The number of fused-ring (bicyclic) bond motifs is 1. The number of H-pyrrole nitrogens is 1. The summed E-state index contributed by atoms with van der Waals surface area (Å²) in [6, 6.07) is 7.93. The van der Waals surface area contributed by atoms with E-state index in [1.165, 1.54) is 12.8 Å². The van der Waals surface area contributed by atoms with Gasteiger partial charge in [0, 0.05) is 39.0 Å². The topological polar surface area (TPSA) is 105 Å². The van der Waals surface area contributed by atoms with Crippen molar-refractivity contribution >= 4 is 28.4 Å². The van der Waals surface area contributed by atoms with Crippen LogP contribution in [0.1, 0.15) is 71.0 Å². The Kier molecular flexibility index (Phi) is 8.61. The number of aryl methyl sites for hydroxylation is 3. The van der Waals surface area contributed by atoms with Crippen molar-refractivity contribution in [2.45, 2.75) is 84.7 Å². The zero-order chi connectivity index (χ0) is 25.5. The number of imidazole rings is 1. The van der Waals surface area contributed by atoms with Crippen LogP contribution in [0.15, 0.2) is 33.9 Å². The number of benzene rings is 1. The minimum Gasteiger partial charge on any atom is -0.370 e. The Hall–Kier alpha value is -3.36. The molecule has 0 atom stereocenters. The maximum absolute atomic E-state index is 13.0. The van der Waals surface area contributed by atoms with Gasteiger partial charge < -0.3 is 14.8 Å². The van der Waals surface area contributed by atoms with Gasteiger partial charge in [-0.25, -0.2) is 9.78 Å². The van der Waals surface area contributed by atoms with Gasteiger partial charge in [-0.05, 0) is 37.8 Å². The SMILES string of the molecule is CCCCCn1c(CCC(=O)Nc2ccccc2N2CCCC2)nc2c1c(=O)[nH]c(=O)n2CCCC. The van der Waals surface area contributed by atoms with Crippen molar-refractivity contribution in [2.75, 3.05) is 23.3 Å². The van der Waals surface area contributed by atoms with E-state index in [-0.39, 0.29) is 12.3 Å². The monoisotopic (exact) mass is 494 g/mol. The zero-order valence-corrected chi connectivity index (χ0v) is 21.5. The van der Waals surface area contributed by atoms with Gasteiger partial charge in [0.1, 0.15) is 5.82 Å². The molecule has 1 fully saturated rings. The lowest BCUT2D eigenvalue weighted by molar-refractivity contribution is -0.116. The van der Waals surface area contributed by atoms with Gasteiger partial charge >= 0.3 is 5.69 Å². The summed E-state index contributed by atoms with van der Waals surface area (Å²) in [5.41, 5.74) is 1.89. The third kappa shape index (κ3) is 5.71. The number of anilines is 2. The first-order valence-electron chi connectivity index (χ1n) is 13.4. The van der Waals surface area contributed by atoms with Crippen molar-refractivity contribution in [3.8, 4) is 0 Å². The molecule has 0 bridgehead atoms. The molecule has 0 unspecified atom stereocenters. The molecule has 1 aromatic carbocycles. The van der Waals surface area contributed by atoms with Crippen LogP contribution in [-0.4, -0.2) is 38.1 Å². The molecule has 0 radical (unpaired) electrons. The van der Waals surface area contributed by atoms with Crippen molar-refractivity contribution in [1.82, 2.24) is 19.1 Å². The van der Waals surface area contributed by atoms with Gasteiger partial charge in [-0.3, -0.25) is 19.1 Å². The third-order valence-electron chi connectivity index (χ3n) is 6.89. The second-order valence-electron chi connectivity index (χ2n) is 9.58. The normalized spacial score (nSPS) is 13.6. The Morgan fingerprint density at radius 2 is 1.72 bits per heavy atom. The maximum atomic E-state index is 13.0. The van der Waals surface area contributed by atoms with Crippen molar-refractivity contribution in [3.63, 3.8) is 0 Å². The largest absolute Gasteiger partial charge is 0.370 e. The summed E-state index contributed by atoms with van der Waals surface area (Å²) in [7, 11) is 0. The van der Waals surface area contributed by atoms with E-state index in [2.05, 4.69) is 35.1 Å². The highest BCUT2D eigenvalue weighted by molar-refractivity contribution is 5.94. The van der Waals surface area contributed by atoms with Crippen molar-refractivity contribution in [3.05, 3.63) is 50.9 Å². The average molecular weight is 495 g/mol. The second kappa shape index (κ2) is 12.1. The smallest absolute Gasteiger partial charge is 0.330 e. The second-order valence-corrected chi connectivity index (χ2v) is 9.58. The molecule has 0 spiro atoms. The Morgan fingerprint density at radius 1 is 1.00 bits per heavy atom. The molecule has 2 aromatic heterocycles. The number of nitrogens with one attached hydrogen (secondary N) is 2. The molecule has 1 aliphatic rings. The summed E-state index contributed by atoms with van der Waals surface area (Å²) in [6.45, 7) is 7.33. The van der Waals surface area contributed by atoms with Crippen LogP contribution in [0, 0.1) is 0 Å². The summed E-state index contributed by atoms with van der Waals surface area (Å²) in [5.74, 6) is 0.580. The van der Waals surface area contributed by atoms with Crippen LogP contribution in [0.3, 0.4) is 0 Å². The Balaban J connectivity index is 1.58. The summed E-state index contributed by atoms with van der Waals surface area (Å²) in [6.07, 6.45) is 7.69. The van der Waals surface area contributed by atoms with E-state index in [1.807, 2.05) is 22.8 Å². The molecular formula is C27H38N6O3. The van der Waals surface area contributed by atoms with Crippen molar-refractivity contribution in [2.24, 2.45) is 0 Å². The van der Waals surface area contributed by atoms with Gasteiger partial charge in [0.05, 0.1) is 11.4 Å². The van der Waals surface area contributed by atoms with Gasteiger partial charge in [0.25, 0.3) is 5.56 Å². The molecule has 0 aliphatic carbocycles. The van der Waals surface area contributed by atoms with Crippen LogP contribution >= 0.6 is 0 Å². The van der Waals surface area contributed by atoms with Gasteiger partial charge in [-0.2, -0.15) is 0 Å². The fourth-order valence-electron chi connectivity index (χ4n) is 4.94. The molecule has 9 nitrogen and oxygen atoms in total. The Morgan fingerprint density at radius 3 is 2.47 bits per heavy atom. The minimum absolute atomic E-state index is 0.0916. The summed E-state index contributed by atoms with van der Waals surface area (Å²) < 4.78 is 3.48. The summed E-state index contributed by atoms with van der Waals surface area (Å²) in [4.78, 5) is 47.9. The van der Waals surface area contributed by atoms with Crippen LogP contribution < -0.4 is 21.5 Å². The summed E-state index contributed by atoms with van der Waals surface area (Å²) >= 11 is 0. The fourth-order valence-corrected chi connectivity index (χ4v) is 4.94. The molecule has 4 rings (SSSR count). The summed E-state index contributed by atoms with van der Waals surface area (Å²) in [5, 5.41) is 3.08. The lowest BCUT2D eigenvalue weighted by Gasteiger charge is -2.21. The number of amides is 1. The number of aromatic nitrogens is 4. The Labute approximate surface area is 211 Å². The number of carbonyl (C=O) groups excluding carboxylic acids is 1. The van der Waals surface area contributed by atoms with E-state index in [0.717, 1.165) is 56.6 Å². The minimum atomic E-state index is -0.429. The van der Waals surface area contributed by atoms with E-state index in [4.69, 9.17) is 4.98 Å². The highest BCUT2D eigenvalue weighted by atomic mass is 16.2. The molecule has 1 aliphatic heterocycles. The van der Waals surface area contributed by atoms with E-state index in [1.54, 1.807) is 4.57 Å². The van der Waals surface area contributed by atoms with Crippen LogP contribution in [-0.2, 0) is 24.3 Å². The first kappa shape index (κ1) is 25.7. The number of nitrogens with zero attached hydrogens (tertiary/aromatic N) is 4. The molecule has 194 valence electrons. The number of hydrogen-bond acceptors (Lipinski definition) is 5. The number of para-hydroxylation sites is 2. The predicted molar refractivity (Wildman–Crippen MR) is 144 cm³/mol. The molecule has 0 saturated carbocycles. The molecule has 36 heavy (non-hydrogen) atoms. The van der Waals surface area contributed by atoms with Gasteiger partial charge in [0.15, 0.2) is 11.2 Å². The van der Waals surface area contributed by atoms with Crippen LogP contribution in [0.4, 0.5) is 11.4 Å². The van der Waals surface area contributed by atoms with Gasteiger partial charge in [0.2, 0.25) is 5.91 Å².